The molecule has 0 radical (unpaired) electrons. The van der Waals surface area contributed by atoms with Crippen molar-refractivity contribution in [1.29, 1.82) is 0 Å². The van der Waals surface area contributed by atoms with Crippen molar-refractivity contribution in [2.24, 2.45) is 0 Å². The second-order valence-electron chi connectivity index (χ2n) is 5.46. The number of fused-ring (bicyclic) bond motifs is 1. The number of carbonyl (C=O) groups is 1. The maximum atomic E-state index is 12.1. The first-order valence-corrected chi connectivity index (χ1v) is 7.91. The van der Waals surface area contributed by atoms with Gasteiger partial charge in [0, 0.05) is 17.3 Å². The number of hydrogen-bond donors (Lipinski definition) is 2. The van der Waals surface area contributed by atoms with E-state index in [-0.39, 0.29) is 11.9 Å². The van der Waals surface area contributed by atoms with Crippen LogP contribution in [-0.2, 0) is 11.2 Å². The molecule has 0 aliphatic heterocycles. The highest BCUT2D eigenvalue weighted by Gasteiger charge is 2.24. The van der Waals surface area contributed by atoms with Crippen molar-refractivity contribution in [1.82, 2.24) is 14.7 Å². The van der Waals surface area contributed by atoms with E-state index in [0.717, 1.165) is 42.0 Å². The molecule has 2 heterocycles. The minimum Gasteiger partial charge on any atom is -0.391 e. The summed E-state index contributed by atoms with van der Waals surface area (Å²) in [6, 6.07) is -0.0881. The second-order valence-corrected chi connectivity index (χ2v) is 6.30. The van der Waals surface area contributed by atoms with Crippen LogP contribution in [0.5, 0.6) is 0 Å². The van der Waals surface area contributed by atoms with E-state index in [1.165, 1.54) is 0 Å². The Bertz CT molecular complexity index is 619. The maximum absolute atomic E-state index is 12.1. The molecule has 2 unspecified atom stereocenters. The summed E-state index contributed by atoms with van der Waals surface area (Å²) >= 11 is 1.55. The molecule has 1 aliphatic rings. The number of amides is 1. The average molecular weight is 293 g/mol. The number of aromatic nitrogens is 2. The lowest BCUT2D eigenvalue weighted by atomic mass is 9.92. The lowest BCUT2D eigenvalue weighted by Gasteiger charge is -2.28. The van der Waals surface area contributed by atoms with Crippen LogP contribution >= 0.6 is 11.3 Å². The van der Waals surface area contributed by atoms with E-state index in [1.54, 1.807) is 11.3 Å². The number of hydrogen-bond acceptors (Lipinski definition) is 4. The van der Waals surface area contributed by atoms with Crippen LogP contribution < -0.4 is 5.32 Å². The first-order chi connectivity index (χ1) is 9.63. The quantitative estimate of drug-likeness (QED) is 0.904. The van der Waals surface area contributed by atoms with Gasteiger partial charge in [0.25, 0.3) is 0 Å². The molecular weight excluding hydrogens is 274 g/mol. The Morgan fingerprint density at radius 3 is 3.15 bits per heavy atom. The fourth-order valence-electron chi connectivity index (χ4n) is 2.77. The molecular formula is C14H19N3O2S. The number of nitrogens with one attached hydrogen (secondary N) is 1. The molecule has 2 N–H and O–H groups in total. The summed E-state index contributed by atoms with van der Waals surface area (Å²) in [5, 5.41) is 14.8. The maximum Gasteiger partial charge on any atom is 0.226 e. The largest absolute Gasteiger partial charge is 0.391 e. The van der Waals surface area contributed by atoms with Crippen molar-refractivity contribution in [3.05, 3.63) is 23.0 Å². The Kier molecular flexibility index (Phi) is 3.76. The summed E-state index contributed by atoms with van der Waals surface area (Å²) in [5.74, 6) is -0.0259. The number of aliphatic hydroxyl groups excluding tert-OH is 1. The minimum absolute atomic E-state index is 0.0259. The van der Waals surface area contributed by atoms with Gasteiger partial charge < -0.3 is 10.4 Å². The molecule has 0 saturated heterocycles. The molecule has 2 atom stereocenters. The highest BCUT2D eigenvalue weighted by atomic mass is 32.1. The normalized spacial score (nSPS) is 23.1. The van der Waals surface area contributed by atoms with E-state index in [9.17, 15) is 9.90 Å². The molecule has 1 fully saturated rings. The zero-order valence-corrected chi connectivity index (χ0v) is 12.3. The van der Waals surface area contributed by atoms with Gasteiger partial charge in [-0.05, 0) is 19.8 Å². The molecule has 0 bridgehead atoms. The van der Waals surface area contributed by atoms with Crippen LogP contribution in [0.1, 0.15) is 37.1 Å². The van der Waals surface area contributed by atoms with Crippen LogP contribution in [0, 0.1) is 6.92 Å². The van der Waals surface area contributed by atoms with Gasteiger partial charge in [0.2, 0.25) is 5.91 Å². The highest BCUT2D eigenvalue weighted by molar-refractivity contribution is 7.15. The lowest BCUT2D eigenvalue weighted by molar-refractivity contribution is -0.122. The highest BCUT2D eigenvalue weighted by Crippen LogP contribution is 2.19. The molecule has 108 valence electrons. The molecule has 0 aromatic carbocycles. The smallest absolute Gasteiger partial charge is 0.226 e. The topological polar surface area (TPSA) is 66.6 Å². The third-order valence-corrected chi connectivity index (χ3v) is 4.71. The van der Waals surface area contributed by atoms with Gasteiger partial charge in [-0.25, -0.2) is 4.98 Å². The first kappa shape index (κ1) is 13.6. The lowest BCUT2D eigenvalue weighted by Crippen LogP contribution is -2.45. The zero-order valence-electron chi connectivity index (χ0n) is 11.5. The van der Waals surface area contributed by atoms with E-state index in [0.29, 0.717) is 6.42 Å². The van der Waals surface area contributed by atoms with Crippen LogP contribution in [-0.4, -0.2) is 32.5 Å². The van der Waals surface area contributed by atoms with Crippen LogP contribution in [0.4, 0.5) is 0 Å². The van der Waals surface area contributed by atoms with Gasteiger partial charge in [0.15, 0.2) is 4.96 Å². The van der Waals surface area contributed by atoms with Crippen LogP contribution in [0.15, 0.2) is 11.6 Å². The fraction of sp³-hybridized carbons (Fsp3) is 0.571. The Balaban J connectivity index is 1.66. The van der Waals surface area contributed by atoms with E-state index >= 15 is 0 Å². The first-order valence-electron chi connectivity index (χ1n) is 7.03. The number of aryl methyl sites for hydroxylation is 1. The van der Waals surface area contributed by atoms with E-state index < -0.39 is 6.10 Å². The molecule has 3 rings (SSSR count). The molecule has 1 aliphatic carbocycles. The summed E-state index contributed by atoms with van der Waals surface area (Å²) in [5.41, 5.74) is 1.91. The molecule has 0 spiro atoms. The van der Waals surface area contributed by atoms with E-state index in [4.69, 9.17) is 0 Å². The van der Waals surface area contributed by atoms with Crippen molar-refractivity contribution >= 4 is 22.2 Å². The van der Waals surface area contributed by atoms with Gasteiger partial charge >= 0.3 is 0 Å². The van der Waals surface area contributed by atoms with Crippen molar-refractivity contribution in [3.8, 4) is 0 Å². The van der Waals surface area contributed by atoms with E-state index in [1.807, 2.05) is 22.9 Å². The van der Waals surface area contributed by atoms with Crippen molar-refractivity contribution in [2.45, 2.75) is 51.2 Å². The Morgan fingerprint density at radius 2 is 2.35 bits per heavy atom. The molecule has 2 aromatic heterocycles. The molecule has 1 amide bonds. The molecule has 6 heteroatoms. The third-order valence-electron chi connectivity index (χ3n) is 3.82. The second kappa shape index (κ2) is 5.54. The average Bonchev–Trinajstić information content (AvgIpc) is 2.93. The van der Waals surface area contributed by atoms with Gasteiger partial charge in [-0.15, -0.1) is 11.3 Å². The number of imidazole rings is 1. The Labute approximate surface area is 121 Å². The van der Waals surface area contributed by atoms with E-state index in [2.05, 4.69) is 10.3 Å². The number of thiazole rings is 1. The number of aliphatic hydroxyl groups is 1. The Hall–Kier alpha value is -1.40. The number of nitrogens with zero attached hydrogens (tertiary/aromatic N) is 2. The van der Waals surface area contributed by atoms with Gasteiger partial charge in [0.05, 0.1) is 24.3 Å². The van der Waals surface area contributed by atoms with Gasteiger partial charge in [0.1, 0.15) is 0 Å². The standard InChI is InChI=1S/C14H19N3O2S/c1-9-7-17-10(8-20-14(17)15-9)6-13(19)16-11-4-2-3-5-12(11)18/h7-8,11-12,18H,2-6H2,1H3,(H,16,19). The van der Waals surface area contributed by atoms with Gasteiger partial charge in [-0.1, -0.05) is 12.8 Å². The fourth-order valence-corrected chi connectivity index (χ4v) is 3.69. The number of carbonyl (C=O) groups excluding carboxylic acids is 1. The van der Waals surface area contributed by atoms with Crippen LogP contribution in [0.25, 0.3) is 4.96 Å². The Morgan fingerprint density at radius 1 is 1.55 bits per heavy atom. The summed E-state index contributed by atoms with van der Waals surface area (Å²) in [6.07, 6.45) is 5.66. The number of rotatable bonds is 3. The molecule has 1 saturated carbocycles. The van der Waals surface area contributed by atoms with Crippen molar-refractivity contribution < 1.29 is 9.90 Å². The summed E-state index contributed by atoms with van der Waals surface area (Å²) in [4.78, 5) is 17.4. The molecule has 20 heavy (non-hydrogen) atoms. The summed E-state index contributed by atoms with van der Waals surface area (Å²) in [6.45, 7) is 1.95. The summed E-state index contributed by atoms with van der Waals surface area (Å²) < 4.78 is 1.97. The van der Waals surface area contributed by atoms with Crippen molar-refractivity contribution in [3.63, 3.8) is 0 Å². The zero-order chi connectivity index (χ0) is 14.1. The minimum atomic E-state index is -0.398. The van der Waals surface area contributed by atoms with Gasteiger partial charge in [-0.3, -0.25) is 9.20 Å². The summed E-state index contributed by atoms with van der Waals surface area (Å²) in [7, 11) is 0. The molecule has 2 aromatic rings. The predicted molar refractivity (Wildman–Crippen MR) is 77.9 cm³/mol. The SMILES string of the molecule is Cc1cn2c(CC(=O)NC3CCCCC3O)csc2n1. The monoisotopic (exact) mass is 293 g/mol. The molecule has 5 nitrogen and oxygen atoms in total. The van der Waals surface area contributed by atoms with Crippen molar-refractivity contribution in [2.75, 3.05) is 0 Å². The van der Waals surface area contributed by atoms with Gasteiger partial charge in [-0.2, -0.15) is 0 Å². The van der Waals surface area contributed by atoms with Crippen LogP contribution in [0.3, 0.4) is 0 Å². The van der Waals surface area contributed by atoms with Crippen LogP contribution in [0.2, 0.25) is 0 Å². The third kappa shape index (κ3) is 2.71. The predicted octanol–water partition coefficient (Wildman–Crippen LogP) is 1.67.